The van der Waals surface area contributed by atoms with Crippen LogP contribution in [-0.2, 0) is 20.0 Å². The first-order valence-electron chi connectivity index (χ1n) is 6.22. The van der Waals surface area contributed by atoms with Gasteiger partial charge in [0.25, 0.3) is 0 Å². The van der Waals surface area contributed by atoms with Crippen molar-refractivity contribution >= 4 is 23.3 Å². The van der Waals surface area contributed by atoms with Crippen molar-refractivity contribution in [3.63, 3.8) is 0 Å². The molecular weight excluding hydrogens is 294 g/mol. The second-order valence-electron chi connectivity index (χ2n) is 4.25. The first-order chi connectivity index (χ1) is 10.1. The molecule has 0 aromatic carbocycles. The topological polar surface area (TPSA) is 109 Å². The SMILES string of the molecule is Cn1ccnc1CNC(=O)NCCc1nc(C(=O)O)cs1. The van der Waals surface area contributed by atoms with Crippen LogP contribution in [0.5, 0.6) is 0 Å². The molecule has 112 valence electrons. The molecule has 2 aromatic heterocycles. The molecule has 0 aliphatic carbocycles. The molecule has 0 aliphatic heterocycles. The van der Waals surface area contributed by atoms with E-state index in [0.717, 1.165) is 5.82 Å². The van der Waals surface area contributed by atoms with Crippen LogP contribution in [0.2, 0.25) is 0 Å². The van der Waals surface area contributed by atoms with E-state index < -0.39 is 5.97 Å². The number of amides is 2. The maximum Gasteiger partial charge on any atom is 0.355 e. The summed E-state index contributed by atoms with van der Waals surface area (Å²) >= 11 is 1.27. The molecule has 9 heteroatoms. The molecule has 0 saturated carbocycles. The van der Waals surface area contributed by atoms with Crippen LogP contribution < -0.4 is 10.6 Å². The van der Waals surface area contributed by atoms with Crippen molar-refractivity contribution in [2.45, 2.75) is 13.0 Å². The highest BCUT2D eigenvalue weighted by Crippen LogP contribution is 2.09. The lowest BCUT2D eigenvalue weighted by atomic mass is 10.4. The minimum absolute atomic E-state index is 0.0363. The van der Waals surface area contributed by atoms with Crippen LogP contribution in [0.3, 0.4) is 0 Å². The molecule has 0 radical (unpaired) electrons. The van der Waals surface area contributed by atoms with Gasteiger partial charge in [0.15, 0.2) is 5.69 Å². The summed E-state index contributed by atoms with van der Waals surface area (Å²) in [5.74, 6) is -0.283. The van der Waals surface area contributed by atoms with Gasteiger partial charge in [0.05, 0.1) is 11.6 Å². The number of carboxylic acids is 1. The van der Waals surface area contributed by atoms with Crippen LogP contribution >= 0.6 is 11.3 Å². The van der Waals surface area contributed by atoms with E-state index in [1.807, 2.05) is 11.6 Å². The number of carboxylic acid groups (broad SMARTS) is 1. The summed E-state index contributed by atoms with van der Waals surface area (Å²) in [6.07, 6.45) is 3.96. The van der Waals surface area contributed by atoms with Gasteiger partial charge in [-0.05, 0) is 0 Å². The summed E-state index contributed by atoms with van der Waals surface area (Å²) in [6, 6.07) is -0.298. The minimum Gasteiger partial charge on any atom is -0.476 e. The Kier molecular flexibility index (Phi) is 4.88. The first kappa shape index (κ1) is 15.0. The number of aromatic nitrogens is 3. The molecule has 0 unspecified atom stereocenters. The molecular formula is C12H15N5O3S. The molecule has 8 nitrogen and oxygen atoms in total. The normalized spacial score (nSPS) is 10.3. The van der Waals surface area contributed by atoms with Gasteiger partial charge in [-0.3, -0.25) is 0 Å². The predicted octanol–water partition coefficient (Wildman–Crippen LogP) is 0.617. The van der Waals surface area contributed by atoms with Gasteiger partial charge in [-0.2, -0.15) is 0 Å². The lowest BCUT2D eigenvalue weighted by molar-refractivity contribution is 0.0691. The molecule has 0 aliphatic rings. The summed E-state index contributed by atoms with van der Waals surface area (Å²) in [5.41, 5.74) is 0.0363. The molecule has 2 amide bonds. The van der Waals surface area contributed by atoms with Gasteiger partial charge in [-0.25, -0.2) is 19.6 Å². The van der Waals surface area contributed by atoms with Crippen LogP contribution in [0.25, 0.3) is 0 Å². The third kappa shape index (κ3) is 4.28. The Morgan fingerprint density at radius 1 is 1.43 bits per heavy atom. The summed E-state index contributed by atoms with van der Waals surface area (Å²) in [4.78, 5) is 30.3. The number of hydrogen-bond donors (Lipinski definition) is 3. The zero-order valence-corrected chi connectivity index (χ0v) is 12.2. The van der Waals surface area contributed by atoms with Gasteiger partial charge in [-0.1, -0.05) is 0 Å². The van der Waals surface area contributed by atoms with E-state index in [0.29, 0.717) is 24.5 Å². The fourth-order valence-corrected chi connectivity index (χ4v) is 2.37. The number of carbonyl (C=O) groups is 2. The van der Waals surface area contributed by atoms with Crippen LogP contribution in [-0.4, -0.2) is 38.2 Å². The Hall–Kier alpha value is -2.42. The minimum atomic E-state index is -1.04. The number of nitrogens with zero attached hydrogens (tertiary/aromatic N) is 3. The smallest absolute Gasteiger partial charge is 0.355 e. The number of nitrogens with one attached hydrogen (secondary N) is 2. The summed E-state index contributed by atoms with van der Waals surface area (Å²) in [5, 5.41) is 16.3. The monoisotopic (exact) mass is 309 g/mol. The van der Waals surface area contributed by atoms with Crippen LogP contribution in [0, 0.1) is 0 Å². The molecule has 2 rings (SSSR count). The van der Waals surface area contributed by atoms with E-state index in [-0.39, 0.29) is 11.7 Å². The van der Waals surface area contributed by atoms with Crippen molar-refractivity contribution < 1.29 is 14.7 Å². The average molecular weight is 309 g/mol. The van der Waals surface area contributed by atoms with E-state index in [2.05, 4.69) is 20.6 Å². The summed E-state index contributed by atoms with van der Waals surface area (Å²) in [7, 11) is 1.85. The third-order valence-electron chi connectivity index (χ3n) is 2.72. The van der Waals surface area contributed by atoms with Gasteiger partial charge in [0.2, 0.25) is 0 Å². The number of hydrogen-bond acceptors (Lipinski definition) is 5. The molecule has 21 heavy (non-hydrogen) atoms. The molecule has 2 heterocycles. The number of aryl methyl sites for hydroxylation is 1. The molecule has 0 spiro atoms. The van der Waals surface area contributed by atoms with Gasteiger partial charge in [0, 0.05) is 37.8 Å². The fourth-order valence-electron chi connectivity index (χ4n) is 1.60. The van der Waals surface area contributed by atoms with Crippen LogP contribution in [0.15, 0.2) is 17.8 Å². The van der Waals surface area contributed by atoms with E-state index in [1.54, 1.807) is 12.4 Å². The zero-order valence-electron chi connectivity index (χ0n) is 11.4. The van der Waals surface area contributed by atoms with Gasteiger partial charge < -0.3 is 20.3 Å². The number of aromatic carboxylic acids is 1. The Morgan fingerprint density at radius 3 is 2.86 bits per heavy atom. The number of rotatable bonds is 6. The quantitative estimate of drug-likeness (QED) is 0.724. The Morgan fingerprint density at radius 2 is 2.24 bits per heavy atom. The largest absolute Gasteiger partial charge is 0.476 e. The molecule has 2 aromatic rings. The summed E-state index contributed by atoms with van der Waals surface area (Å²) < 4.78 is 1.82. The molecule has 3 N–H and O–H groups in total. The van der Waals surface area contributed by atoms with Gasteiger partial charge >= 0.3 is 12.0 Å². The predicted molar refractivity (Wildman–Crippen MR) is 76.2 cm³/mol. The number of imidazole rings is 1. The van der Waals surface area contributed by atoms with Gasteiger partial charge in [-0.15, -0.1) is 11.3 Å². The third-order valence-corrected chi connectivity index (χ3v) is 3.63. The first-order valence-corrected chi connectivity index (χ1v) is 7.10. The molecule has 0 atom stereocenters. The highest BCUT2D eigenvalue weighted by molar-refractivity contribution is 7.09. The number of carbonyl (C=O) groups excluding carboxylic acids is 1. The van der Waals surface area contributed by atoms with Crippen molar-refractivity contribution in [1.82, 2.24) is 25.2 Å². The molecule has 0 saturated heterocycles. The van der Waals surface area contributed by atoms with Crippen molar-refractivity contribution in [3.05, 3.63) is 34.3 Å². The van der Waals surface area contributed by atoms with Crippen molar-refractivity contribution in [2.75, 3.05) is 6.54 Å². The van der Waals surface area contributed by atoms with Crippen molar-refractivity contribution in [3.8, 4) is 0 Å². The van der Waals surface area contributed by atoms with E-state index in [9.17, 15) is 9.59 Å². The fraction of sp³-hybridized carbons (Fsp3) is 0.333. The van der Waals surface area contributed by atoms with E-state index >= 15 is 0 Å². The maximum absolute atomic E-state index is 11.6. The van der Waals surface area contributed by atoms with E-state index in [1.165, 1.54) is 16.7 Å². The van der Waals surface area contributed by atoms with Crippen LogP contribution in [0.4, 0.5) is 4.79 Å². The van der Waals surface area contributed by atoms with Crippen molar-refractivity contribution in [1.29, 1.82) is 0 Å². The summed E-state index contributed by atoms with van der Waals surface area (Å²) in [6.45, 7) is 0.731. The van der Waals surface area contributed by atoms with Gasteiger partial charge in [0.1, 0.15) is 5.82 Å². The van der Waals surface area contributed by atoms with E-state index in [4.69, 9.17) is 5.11 Å². The second-order valence-corrected chi connectivity index (χ2v) is 5.19. The molecule has 0 fully saturated rings. The van der Waals surface area contributed by atoms with Crippen LogP contribution in [0.1, 0.15) is 21.3 Å². The Labute approximate surface area is 124 Å². The lowest BCUT2D eigenvalue weighted by Crippen LogP contribution is -2.36. The maximum atomic E-state index is 11.6. The standard InChI is InChI=1S/C12H15N5O3S/c1-17-5-4-13-9(17)6-15-12(20)14-3-2-10-16-8(7-21-10)11(18)19/h4-5,7H,2-3,6H2,1H3,(H,18,19)(H2,14,15,20). The number of urea groups is 1. The number of thiazole rings is 1. The Bertz CT molecular complexity index is 636. The zero-order chi connectivity index (χ0) is 15.2. The Balaban J connectivity index is 1.69. The average Bonchev–Trinajstić information content (AvgIpc) is 3.06. The highest BCUT2D eigenvalue weighted by Gasteiger charge is 2.09. The second kappa shape index (κ2) is 6.84. The highest BCUT2D eigenvalue weighted by atomic mass is 32.1. The van der Waals surface area contributed by atoms with Crippen molar-refractivity contribution in [2.24, 2.45) is 7.05 Å². The lowest BCUT2D eigenvalue weighted by Gasteiger charge is -2.06. The molecule has 0 bridgehead atoms.